The van der Waals surface area contributed by atoms with Gasteiger partial charge in [0.25, 0.3) is 0 Å². The molecule has 0 bridgehead atoms. The molecule has 3 nitrogen and oxygen atoms in total. The highest BCUT2D eigenvalue weighted by atomic mass is 19.1. The summed E-state index contributed by atoms with van der Waals surface area (Å²) in [7, 11) is 1.80. The number of hydrogen-bond donors (Lipinski definition) is 1. The van der Waals surface area contributed by atoms with Crippen molar-refractivity contribution >= 4 is 5.82 Å². The fraction of sp³-hybridized carbons (Fsp3) is 0.231. The zero-order chi connectivity index (χ0) is 12.3. The first-order valence-corrected chi connectivity index (χ1v) is 5.54. The van der Waals surface area contributed by atoms with Crippen LogP contribution in [0.15, 0.2) is 30.6 Å². The average molecular weight is 231 g/mol. The molecular formula is C13H14FN3. The van der Waals surface area contributed by atoms with Crippen LogP contribution in [0.5, 0.6) is 0 Å². The highest BCUT2D eigenvalue weighted by Crippen LogP contribution is 2.27. The molecule has 2 rings (SSSR count). The second kappa shape index (κ2) is 4.91. The molecule has 0 atom stereocenters. The van der Waals surface area contributed by atoms with E-state index < -0.39 is 0 Å². The van der Waals surface area contributed by atoms with Crippen LogP contribution in [0.4, 0.5) is 10.2 Å². The van der Waals surface area contributed by atoms with E-state index in [1.54, 1.807) is 25.2 Å². The van der Waals surface area contributed by atoms with Gasteiger partial charge in [0.2, 0.25) is 0 Å². The number of nitrogens with one attached hydrogen (secondary N) is 1. The van der Waals surface area contributed by atoms with Crippen molar-refractivity contribution in [1.82, 2.24) is 9.97 Å². The standard InChI is InChI=1S/C13H14FN3/c1-3-9-12(16-8-17-13(9)15-2)10-6-4-5-7-11(10)14/h4-8H,3H2,1-2H3,(H,15,16,17). The van der Waals surface area contributed by atoms with Crippen LogP contribution in [0.25, 0.3) is 11.3 Å². The van der Waals surface area contributed by atoms with Crippen LogP contribution < -0.4 is 5.32 Å². The molecule has 0 saturated carbocycles. The van der Waals surface area contributed by atoms with Gasteiger partial charge in [0.1, 0.15) is 18.0 Å². The summed E-state index contributed by atoms with van der Waals surface area (Å²) in [6.45, 7) is 2.00. The minimum absolute atomic E-state index is 0.261. The van der Waals surface area contributed by atoms with Gasteiger partial charge in [-0.25, -0.2) is 14.4 Å². The van der Waals surface area contributed by atoms with E-state index in [1.165, 1.54) is 12.4 Å². The van der Waals surface area contributed by atoms with Crippen molar-refractivity contribution in [2.75, 3.05) is 12.4 Å². The van der Waals surface area contributed by atoms with Gasteiger partial charge >= 0.3 is 0 Å². The highest BCUT2D eigenvalue weighted by Gasteiger charge is 2.13. The molecule has 2 aromatic rings. The Bertz CT molecular complexity index is 526. The van der Waals surface area contributed by atoms with Gasteiger partial charge in [0, 0.05) is 18.2 Å². The Morgan fingerprint density at radius 1 is 1.24 bits per heavy atom. The first kappa shape index (κ1) is 11.5. The van der Waals surface area contributed by atoms with E-state index >= 15 is 0 Å². The molecule has 88 valence electrons. The first-order chi connectivity index (χ1) is 8.27. The van der Waals surface area contributed by atoms with Crippen molar-refractivity contribution in [2.24, 2.45) is 0 Å². The van der Waals surface area contributed by atoms with Crippen LogP contribution in [-0.2, 0) is 6.42 Å². The number of benzene rings is 1. The topological polar surface area (TPSA) is 37.8 Å². The lowest BCUT2D eigenvalue weighted by Crippen LogP contribution is -2.02. The van der Waals surface area contributed by atoms with E-state index in [2.05, 4.69) is 15.3 Å². The fourth-order valence-corrected chi connectivity index (χ4v) is 1.85. The van der Waals surface area contributed by atoms with Gasteiger partial charge in [-0.05, 0) is 18.6 Å². The van der Waals surface area contributed by atoms with Gasteiger partial charge in [-0.2, -0.15) is 0 Å². The molecule has 0 aliphatic rings. The van der Waals surface area contributed by atoms with Crippen LogP contribution in [0.3, 0.4) is 0 Å². The monoisotopic (exact) mass is 231 g/mol. The summed E-state index contributed by atoms with van der Waals surface area (Å²) in [4.78, 5) is 8.34. The van der Waals surface area contributed by atoms with Crippen LogP contribution in [0.2, 0.25) is 0 Å². The second-order valence-corrected chi connectivity index (χ2v) is 3.63. The summed E-state index contributed by atoms with van der Waals surface area (Å²) in [5.41, 5.74) is 2.10. The molecule has 17 heavy (non-hydrogen) atoms. The third-order valence-corrected chi connectivity index (χ3v) is 2.66. The third-order valence-electron chi connectivity index (χ3n) is 2.66. The summed E-state index contributed by atoms with van der Waals surface area (Å²) in [6, 6.07) is 6.65. The van der Waals surface area contributed by atoms with Gasteiger partial charge in [-0.3, -0.25) is 0 Å². The molecule has 0 fully saturated rings. The molecule has 0 unspecified atom stereocenters. The maximum absolute atomic E-state index is 13.7. The molecule has 1 aromatic carbocycles. The number of rotatable bonds is 3. The minimum Gasteiger partial charge on any atom is -0.373 e. The minimum atomic E-state index is -0.261. The lowest BCUT2D eigenvalue weighted by Gasteiger charge is -2.11. The summed E-state index contributed by atoms with van der Waals surface area (Å²) >= 11 is 0. The third kappa shape index (κ3) is 2.11. The normalized spacial score (nSPS) is 10.3. The Morgan fingerprint density at radius 3 is 2.65 bits per heavy atom. The van der Waals surface area contributed by atoms with Crippen LogP contribution in [0.1, 0.15) is 12.5 Å². The summed E-state index contributed by atoms with van der Waals surface area (Å²) in [6.07, 6.45) is 2.20. The summed E-state index contributed by atoms with van der Waals surface area (Å²) in [5.74, 6) is 0.490. The molecule has 1 N–H and O–H groups in total. The lowest BCUT2D eigenvalue weighted by atomic mass is 10.0. The van der Waals surface area contributed by atoms with E-state index in [1.807, 2.05) is 6.92 Å². The van der Waals surface area contributed by atoms with Crippen LogP contribution in [-0.4, -0.2) is 17.0 Å². The molecule has 0 saturated heterocycles. The number of anilines is 1. The number of nitrogens with zero attached hydrogens (tertiary/aromatic N) is 2. The molecule has 0 spiro atoms. The Labute approximate surface area is 99.7 Å². The maximum atomic E-state index is 13.7. The van der Waals surface area contributed by atoms with Gasteiger partial charge in [0.05, 0.1) is 5.69 Å². The van der Waals surface area contributed by atoms with Crippen molar-refractivity contribution in [1.29, 1.82) is 0 Å². The van der Waals surface area contributed by atoms with Crippen LogP contribution >= 0.6 is 0 Å². The maximum Gasteiger partial charge on any atom is 0.132 e. The molecular weight excluding hydrogens is 217 g/mol. The van der Waals surface area contributed by atoms with E-state index in [-0.39, 0.29) is 5.82 Å². The molecule has 4 heteroatoms. The SMILES string of the molecule is CCc1c(NC)ncnc1-c1ccccc1F. The largest absolute Gasteiger partial charge is 0.373 e. The van der Waals surface area contributed by atoms with Crippen molar-refractivity contribution in [3.8, 4) is 11.3 Å². The molecule has 0 aliphatic heterocycles. The quantitative estimate of drug-likeness (QED) is 0.882. The van der Waals surface area contributed by atoms with E-state index in [4.69, 9.17) is 0 Å². The van der Waals surface area contributed by atoms with E-state index in [9.17, 15) is 4.39 Å². The molecule has 0 radical (unpaired) electrons. The van der Waals surface area contributed by atoms with Crippen LogP contribution in [0, 0.1) is 5.82 Å². The van der Waals surface area contributed by atoms with Gasteiger partial charge in [0.15, 0.2) is 0 Å². The number of halogens is 1. The van der Waals surface area contributed by atoms with Gasteiger partial charge in [-0.1, -0.05) is 19.1 Å². The fourth-order valence-electron chi connectivity index (χ4n) is 1.85. The Balaban J connectivity index is 2.63. The zero-order valence-corrected chi connectivity index (χ0v) is 9.87. The van der Waals surface area contributed by atoms with Crippen molar-refractivity contribution < 1.29 is 4.39 Å². The predicted octanol–water partition coefficient (Wildman–Crippen LogP) is 2.89. The molecule has 1 heterocycles. The summed E-state index contributed by atoms with van der Waals surface area (Å²) < 4.78 is 13.7. The molecule has 0 aliphatic carbocycles. The smallest absolute Gasteiger partial charge is 0.132 e. The average Bonchev–Trinajstić information content (AvgIpc) is 2.38. The highest BCUT2D eigenvalue weighted by molar-refractivity contribution is 5.68. The van der Waals surface area contributed by atoms with E-state index in [0.717, 1.165) is 17.8 Å². The number of aromatic nitrogens is 2. The van der Waals surface area contributed by atoms with Gasteiger partial charge in [-0.15, -0.1) is 0 Å². The zero-order valence-electron chi connectivity index (χ0n) is 9.87. The number of hydrogen-bond acceptors (Lipinski definition) is 3. The Kier molecular flexibility index (Phi) is 3.32. The molecule has 0 amide bonds. The van der Waals surface area contributed by atoms with Crippen molar-refractivity contribution in [2.45, 2.75) is 13.3 Å². The van der Waals surface area contributed by atoms with Gasteiger partial charge < -0.3 is 5.32 Å². The lowest BCUT2D eigenvalue weighted by molar-refractivity contribution is 0.630. The Morgan fingerprint density at radius 2 is 2.00 bits per heavy atom. The van der Waals surface area contributed by atoms with Crippen molar-refractivity contribution in [3.63, 3.8) is 0 Å². The summed E-state index contributed by atoms with van der Waals surface area (Å²) in [5, 5.41) is 3.00. The predicted molar refractivity (Wildman–Crippen MR) is 66.4 cm³/mol. The van der Waals surface area contributed by atoms with Crippen molar-refractivity contribution in [3.05, 3.63) is 42.0 Å². The molecule has 1 aromatic heterocycles. The Hall–Kier alpha value is -1.97. The second-order valence-electron chi connectivity index (χ2n) is 3.63. The van der Waals surface area contributed by atoms with E-state index in [0.29, 0.717) is 11.3 Å². The first-order valence-electron chi connectivity index (χ1n) is 5.54.